The van der Waals surface area contributed by atoms with E-state index in [1.165, 1.54) is 16.2 Å². The van der Waals surface area contributed by atoms with Crippen LogP contribution in [0.25, 0.3) is 9.75 Å². The van der Waals surface area contributed by atoms with Crippen molar-refractivity contribution in [2.75, 3.05) is 5.75 Å². The number of hydrogen-bond donors (Lipinski definition) is 3. The van der Waals surface area contributed by atoms with E-state index >= 15 is 0 Å². The fraction of sp³-hybridized carbons (Fsp3) is 0.273. The first-order chi connectivity index (χ1) is 7.72. The zero-order chi connectivity index (χ0) is 11.5. The molecule has 2 nitrogen and oxygen atoms in total. The van der Waals surface area contributed by atoms with Crippen LogP contribution < -0.4 is 0 Å². The Kier molecular flexibility index (Phi) is 4.05. The highest BCUT2D eigenvalue weighted by atomic mass is 32.1. The Labute approximate surface area is 108 Å². The lowest BCUT2D eigenvalue weighted by molar-refractivity contribution is 0.0361. The second-order valence-electron chi connectivity index (χ2n) is 3.37. The van der Waals surface area contributed by atoms with E-state index in [0.29, 0.717) is 0 Å². The topological polar surface area (TPSA) is 40.5 Å². The van der Waals surface area contributed by atoms with Gasteiger partial charge in [0.15, 0.2) is 0 Å². The van der Waals surface area contributed by atoms with E-state index in [9.17, 15) is 10.2 Å². The number of thiol groups is 1. The van der Waals surface area contributed by atoms with Crippen LogP contribution in [-0.2, 0) is 0 Å². The van der Waals surface area contributed by atoms with Gasteiger partial charge in [0.25, 0.3) is 0 Å². The average molecular weight is 272 g/mol. The van der Waals surface area contributed by atoms with Crippen LogP contribution in [0.1, 0.15) is 11.0 Å². The van der Waals surface area contributed by atoms with Gasteiger partial charge in [-0.2, -0.15) is 12.6 Å². The minimum Gasteiger partial charge on any atom is -0.389 e. The Bertz CT molecular complexity index is 436. The van der Waals surface area contributed by atoms with Gasteiger partial charge in [-0.05, 0) is 23.6 Å². The van der Waals surface area contributed by atoms with Crippen molar-refractivity contribution in [3.05, 3.63) is 34.5 Å². The molecule has 0 aliphatic carbocycles. The summed E-state index contributed by atoms with van der Waals surface area (Å²) in [6, 6.07) is 7.87. The van der Waals surface area contributed by atoms with Crippen LogP contribution in [0.5, 0.6) is 0 Å². The highest BCUT2D eigenvalue weighted by Gasteiger charge is 2.19. The summed E-state index contributed by atoms with van der Waals surface area (Å²) in [5, 5.41) is 21.3. The molecule has 0 amide bonds. The van der Waals surface area contributed by atoms with Crippen LogP contribution in [0.2, 0.25) is 0 Å². The summed E-state index contributed by atoms with van der Waals surface area (Å²) in [5.41, 5.74) is 0. The van der Waals surface area contributed by atoms with Gasteiger partial charge >= 0.3 is 0 Å². The smallest absolute Gasteiger partial charge is 0.115 e. The molecule has 0 bridgehead atoms. The van der Waals surface area contributed by atoms with Gasteiger partial charge < -0.3 is 10.2 Å². The second-order valence-corrected chi connectivity index (χ2v) is 5.80. The van der Waals surface area contributed by atoms with Crippen molar-refractivity contribution in [3.63, 3.8) is 0 Å². The first-order valence-electron chi connectivity index (χ1n) is 4.83. The lowest BCUT2D eigenvalue weighted by atomic mass is 10.2. The van der Waals surface area contributed by atoms with E-state index in [-0.39, 0.29) is 5.75 Å². The van der Waals surface area contributed by atoms with E-state index in [1.807, 2.05) is 29.6 Å². The van der Waals surface area contributed by atoms with Gasteiger partial charge in [-0.3, -0.25) is 0 Å². The zero-order valence-corrected chi connectivity index (χ0v) is 10.9. The maximum atomic E-state index is 9.81. The molecular formula is C11H12O2S3. The Hall–Kier alpha value is -0.330. The normalized spacial score (nSPS) is 14.9. The monoisotopic (exact) mass is 272 g/mol. The van der Waals surface area contributed by atoms with Crippen LogP contribution in [0.4, 0.5) is 0 Å². The Balaban J connectivity index is 2.20. The number of hydrogen-bond acceptors (Lipinski definition) is 5. The lowest BCUT2D eigenvalue weighted by Crippen LogP contribution is -2.18. The summed E-state index contributed by atoms with van der Waals surface area (Å²) < 4.78 is 0. The third-order valence-electron chi connectivity index (χ3n) is 2.23. The van der Waals surface area contributed by atoms with Crippen molar-refractivity contribution in [3.8, 4) is 9.75 Å². The van der Waals surface area contributed by atoms with Gasteiger partial charge in [0.2, 0.25) is 0 Å². The molecule has 0 fully saturated rings. The highest BCUT2D eigenvalue weighted by molar-refractivity contribution is 7.80. The number of thiophene rings is 2. The summed E-state index contributed by atoms with van der Waals surface area (Å²) in [5.74, 6) is 0.257. The van der Waals surface area contributed by atoms with E-state index < -0.39 is 12.2 Å². The lowest BCUT2D eigenvalue weighted by Gasteiger charge is -2.13. The molecule has 2 atom stereocenters. The number of rotatable bonds is 4. The predicted molar refractivity (Wildman–Crippen MR) is 72.5 cm³/mol. The predicted octanol–water partition coefficient (Wildman–Crippen LogP) is 2.80. The summed E-state index contributed by atoms with van der Waals surface area (Å²) in [4.78, 5) is 3.09. The molecule has 0 spiro atoms. The van der Waals surface area contributed by atoms with Crippen molar-refractivity contribution >= 4 is 35.3 Å². The molecule has 2 rings (SSSR count). The molecule has 86 valence electrons. The van der Waals surface area contributed by atoms with Crippen LogP contribution in [0.15, 0.2) is 29.6 Å². The molecular weight excluding hydrogens is 260 g/mol. The van der Waals surface area contributed by atoms with Gasteiger partial charge in [0.05, 0.1) is 6.10 Å². The molecule has 16 heavy (non-hydrogen) atoms. The summed E-state index contributed by atoms with van der Waals surface area (Å²) in [6.45, 7) is 0. The molecule has 2 heterocycles. The third kappa shape index (κ3) is 2.49. The number of aliphatic hydroxyl groups is 2. The highest BCUT2D eigenvalue weighted by Crippen LogP contribution is 2.34. The molecule has 2 N–H and O–H groups in total. The maximum Gasteiger partial charge on any atom is 0.115 e. The average Bonchev–Trinajstić information content (AvgIpc) is 2.96. The van der Waals surface area contributed by atoms with Gasteiger partial charge in [-0.1, -0.05) is 6.07 Å². The summed E-state index contributed by atoms with van der Waals surface area (Å²) >= 11 is 7.14. The molecule has 0 radical (unpaired) electrons. The minimum atomic E-state index is -0.837. The summed E-state index contributed by atoms with van der Waals surface area (Å²) in [6.07, 6.45) is -1.64. The zero-order valence-electron chi connectivity index (χ0n) is 8.41. The van der Waals surface area contributed by atoms with Crippen molar-refractivity contribution in [1.29, 1.82) is 0 Å². The quantitative estimate of drug-likeness (QED) is 0.749. The third-order valence-corrected chi connectivity index (χ3v) is 4.83. The van der Waals surface area contributed by atoms with E-state index in [4.69, 9.17) is 0 Å². The number of aliphatic hydroxyl groups excluding tert-OH is 2. The molecule has 0 saturated heterocycles. The van der Waals surface area contributed by atoms with E-state index in [2.05, 4.69) is 12.6 Å². The second kappa shape index (κ2) is 5.33. The Morgan fingerprint density at radius 1 is 1.19 bits per heavy atom. The molecule has 2 aromatic rings. The van der Waals surface area contributed by atoms with Crippen molar-refractivity contribution in [1.82, 2.24) is 0 Å². The van der Waals surface area contributed by atoms with Crippen molar-refractivity contribution < 1.29 is 10.2 Å². The molecule has 0 aliphatic rings. The van der Waals surface area contributed by atoms with Crippen molar-refractivity contribution in [2.45, 2.75) is 12.2 Å². The Morgan fingerprint density at radius 3 is 2.62 bits per heavy atom. The van der Waals surface area contributed by atoms with Gasteiger partial charge in [0.1, 0.15) is 6.10 Å². The maximum absolute atomic E-state index is 9.81. The SMILES string of the molecule is OC(CS)C(O)c1ccc(-c2cccs2)s1. The molecule has 0 aromatic carbocycles. The van der Waals surface area contributed by atoms with Gasteiger partial charge in [-0.15, -0.1) is 22.7 Å². The largest absolute Gasteiger partial charge is 0.389 e. The fourth-order valence-corrected chi connectivity index (χ4v) is 3.44. The van der Waals surface area contributed by atoms with E-state index in [0.717, 1.165) is 9.75 Å². The molecule has 5 heteroatoms. The molecule has 0 aliphatic heterocycles. The molecule has 2 aromatic heterocycles. The van der Waals surface area contributed by atoms with Gasteiger partial charge in [0, 0.05) is 20.4 Å². The first kappa shape index (κ1) is 12.1. The van der Waals surface area contributed by atoms with Gasteiger partial charge in [-0.25, -0.2) is 0 Å². The van der Waals surface area contributed by atoms with Crippen LogP contribution in [0.3, 0.4) is 0 Å². The van der Waals surface area contributed by atoms with Crippen LogP contribution in [-0.4, -0.2) is 22.1 Å². The summed E-state index contributed by atoms with van der Waals surface area (Å²) in [7, 11) is 0. The van der Waals surface area contributed by atoms with Crippen molar-refractivity contribution in [2.24, 2.45) is 0 Å². The molecule has 2 unspecified atom stereocenters. The first-order valence-corrected chi connectivity index (χ1v) is 7.16. The van der Waals surface area contributed by atoms with E-state index in [1.54, 1.807) is 11.3 Å². The standard InChI is InChI=1S/C11H12O2S3/c12-7(6-14)11(13)10-4-3-9(16-10)8-2-1-5-15-8/h1-5,7,11-14H,6H2. The Morgan fingerprint density at radius 2 is 2.00 bits per heavy atom. The minimum absolute atomic E-state index is 0.257. The van der Waals surface area contributed by atoms with Crippen LogP contribution >= 0.6 is 35.3 Å². The van der Waals surface area contributed by atoms with Crippen LogP contribution in [0, 0.1) is 0 Å². The fourth-order valence-electron chi connectivity index (χ4n) is 1.35. The molecule has 0 saturated carbocycles.